The second-order valence-corrected chi connectivity index (χ2v) is 10.3. The Morgan fingerprint density at radius 1 is 1.03 bits per heavy atom. The number of aliphatic hydroxyl groups is 1. The number of likely N-dealkylation sites (tertiary alicyclic amines) is 2. The number of aliphatic hydroxyl groups excluding tert-OH is 1. The van der Waals surface area contributed by atoms with Crippen molar-refractivity contribution in [2.45, 2.75) is 83.8 Å². The third kappa shape index (κ3) is 6.96. The van der Waals surface area contributed by atoms with Crippen LogP contribution in [0.3, 0.4) is 0 Å². The molecular formula is C26H40N2O4. The first-order chi connectivity index (χ1) is 15.3. The average molecular weight is 445 g/mol. The number of aryl methyl sites for hydroxylation is 1. The molecule has 0 spiro atoms. The molecule has 0 saturated carbocycles. The number of unbranched alkanes of at least 4 members (excludes halogenated alkanes) is 1. The van der Waals surface area contributed by atoms with E-state index in [4.69, 9.17) is 4.74 Å². The van der Waals surface area contributed by atoms with Crippen LogP contribution in [-0.4, -0.2) is 64.8 Å². The molecule has 6 heteroatoms. The molecule has 3 rings (SSSR count). The highest BCUT2D eigenvalue weighted by molar-refractivity contribution is 5.94. The minimum atomic E-state index is -0.435. The van der Waals surface area contributed by atoms with Crippen LogP contribution in [0.1, 0.15) is 81.6 Å². The Morgan fingerprint density at radius 3 is 2.34 bits per heavy atom. The van der Waals surface area contributed by atoms with Gasteiger partial charge in [0.15, 0.2) is 0 Å². The minimum Gasteiger partial charge on any atom is -0.444 e. The second-order valence-electron chi connectivity index (χ2n) is 10.3. The molecule has 2 fully saturated rings. The third-order valence-corrected chi connectivity index (χ3v) is 6.64. The summed E-state index contributed by atoms with van der Waals surface area (Å²) in [6.07, 6.45) is 8.33. The number of rotatable bonds is 7. The zero-order chi connectivity index (χ0) is 23.1. The van der Waals surface area contributed by atoms with E-state index in [1.54, 1.807) is 0 Å². The Labute approximate surface area is 192 Å². The van der Waals surface area contributed by atoms with Crippen molar-refractivity contribution in [2.24, 2.45) is 5.92 Å². The lowest BCUT2D eigenvalue weighted by Gasteiger charge is -2.33. The first kappa shape index (κ1) is 24.6. The van der Waals surface area contributed by atoms with Gasteiger partial charge in [0, 0.05) is 25.2 Å². The van der Waals surface area contributed by atoms with E-state index >= 15 is 0 Å². The monoisotopic (exact) mass is 444 g/mol. The van der Waals surface area contributed by atoms with Gasteiger partial charge in [0.1, 0.15) is 5.60 Å². The third-order valence-electron chi connectivity index (χ3n) is 6.64. The van der Waals surface area contributed by atoms with Gasteiger partial charge in [-0.3, -0.25) is 4.79 Å². The van der Waals surface area contributed by atoms with E-state index in [1.165, 1.54) is 18.4 Å². The van der Waals surface area contributed by atoms with Gasteiger partial charge in [0.25, 0.3) is 5.91 Å². The lowest BCUT2D eigenvalue weighted by Crippen LogP contribution is -2.41. The average Bonchev–Trinajstić information content (AvgIpc) is 3.25. The Morgan fingerprint density at radius 2 is 1.72 bits per heavy atom. The van der Waals surface area contributed by atoms with Gasteiger partial charge in [-0.2, -0.15) is 0 Å². The first-order valence-corrected chi connectivity index (χ1v) is 12.3. The molecule has 1 N–H and O–H groups in total. The highest BCUT2D eigenvalue weighted by Crippen LogP contribution is 2.25. The lowest BCUT2D eigenvalue weighted by atomic mass is 9.91. The summed E-state index contributed by atoms with van der Waals surface area (Å²) in [6, 6.07) is 7.96. The molecule has 0 bridgehead atoms. The van der Waals surface area contributed by atoms with Gasteiger partial charge in [0.2, 0.25) is 0 Å². The second kappa shape index (κ2) is 11.2. The van der Waals surface area contributed by atoms with E-state index < -0.39 is 5.60 Å². The zero-order valence-electron chi connectivity index (χ0n) is 20.0. The molecular weight excluding hydrogens is 404 g/mol. The highest BCUT2D eigenvalue weighted by atomic mass is 16.6. The molecule has 2 aliphatic heterocycles. The van der Waals surface area contributed by atoms with Crippen molar-refractivity contribution in [1.82, 2.24) is 9.80 Å². The van der Waals surface area contributed by atoms with Gasteiger partial charge < -0.3 is 19.6 Å². The van der Waals surface area contributed by atoms with Crippen LogP contribution < -0.4 is 0 Å². The summed E-state index contributed by atoms with van der Waals surface area (Å²) in [7, 11) is 0. The summed E-state index contributed by atoms with van der Waals surface area (Å²) in [5.41, 5.74) is 1.54. The van der Waals surface area contributed by atoms with Crippen LogP contribution in [0.5, 0.6) is 0 Å². The van der Waals surface area contributed by atoms with Gasteiger partial charge in [-0.1, -0.05) is 25.0 Å². The number of hydrogen-bond acceptors (Lipinski definition) is 4. The number of carbonyl (C=O) groups excluding carboxylic acids is 2. The molecule has 0 radical (unpaired) electrons. The van der Waals surface area contributed by atoms with Crippen LogP contribution in [0.2, 0.25) is 0 Å². The summed E-state index contributed by atoms with van der Waals surface area (Å²) >= 11 is 0. The van der Waals surface area contributed by atoms with E-state index in [0.29, 0.717) is 11.5 Å². The van der Waals surface area contributed by atoms with Gasteiger partial charge >= 0.3 is 6.09 Å². The standard InChI is InChI=1S/C26H40N2O4/c1-26(2,3)32-25(31)27-17-14-21(15-18-27)8-5-4-7-20-10-12-22(13-11-20)24(30)28-16-6-9-23(28)19-29/h10-13,21,23,29H,4-9,14-19H2,1-3H3/t23-/m1/s1. The largest absolute Gasteiger partial charge is 0.444 e. The van der Waals surface area contributed by atoms with Gasteiger partial charge in [-0.05, 0) is 82.9 Å². The molecule has 2 saturated heterocycles. The van der Waals surface area contributed by atoms with E-state index in [0.717, 1.165) is 58.2 Å². The van der Waals surface area contributed by atoms with E-state index in [-0.39, 0.29) is 24.6 Å². The topological polar surface area (TPSA) is 70.1 Å². The van der Waals surface area contributed by atoms with Crippen molar-refractivity contribution in [3.63, 3.8) is 0 Å². The smallest absolute Gasteiger partial charge is 0.410 e. The predicted molar refractivity (Wildman–Crippen MR) is 126 cm³/mol. The fourth-order valence-corrected chi connectivity index (χ4v) is 4.77. The first-order valence-electron chi connectivity index (χ1n) is 12.3. The highest BCUT2D eigenvalue weighted by Gasteiger charge is 2.29. The van der Waals surface area contributed by atoms with Crippen LogP contribution in [-0.2, 0) is 11.2 Å². The SMILES string of the molecule is CC(C)(C)OC(=O)N1CCC(CCCCc2ccc(C(=O)N3CCC[C@@H]3CO)cc2)CC1. The number of piperidine rings is 1. The normalized spacial score (nSPS) is 19.9. The molecule has 0 aliphatic carbocycles. The van der Waals surface area contributed by atoms with Crippen LogP contribution in [0.15, 0.2) is 24.3 Å². The molecule has 2 amide bonds. The zero-order valence-corrected chi connectivity index (χ0v) is 20.0. The number of amides is 2. The molecule has 178 valence electrons. The molecule has 1 atom stereocenters. The molecule has 1 aromatic carbocycles. The maximum atomic E-state index is 12.7. The van der Waals surface area contributed by atoms with Crippen molar-refractivity contribution in [2.75, 3.05) is 26.2 Å². The molecule has 6 nitrogen and oxygen atoms in total. The molecule has 32 heavy (non-hydrogen) atoms. The van der Waals surface area contributed by atoms with Crippen molar-refractivity contribution >= 4 is 12.0 Å². The number of hydrogen-bond donors (Lipinski definition) is 1. The van der Waals surface area contributed by atoms with Crippen LogP contribution in [0.4, 0.5) is 4.79 Å². The number of nitrogens with zero attached hydrogens (tertiary/aromatic N) is 2. The molecule has 0 aromatic heterocycles. The molecule has 0 unspecified atom stereocenters. The van der Waals surface area contributed by atoms with E-state index in [2.05, 4.69) is 12.1 Å². The maximum absolute atomic E-state index is 12.7. The van der Waals surface area contributed by atoms with Gasteiger partial charge in [-0.15, -0.1) is 0 Å². The van der Waals surface area contributed by atoms with Crippen molar-refractivity contribution in [3.8, 4) is 0 Å². The summed E-state index contributed by atoms with van der Waals surface area (Å²) in [5.74, 6) is 0.722. The summed E-state index contributed by atoms with van der Waals surface area (Å²) in [4.78, 5) is 28.5. The van der Waals surface area contributed by atoms with Crippen LogP contribution in [0.25, 0.3) is 0 Å². The number of benzene rings is 1. The fourth-order valence-electron chi connectivity index (χ4n) is 4.77. The summed E-state index contributed by atoms with van der Waals surface area (Å²) < 4.78 is 5.47. The molecule has 2 aliphatic rings. The Kier molecular flexibility index (Phi) is 8.57. The Hall–Kier alpha value is -2.08. The lowest BCUT2D eigenvalue weighted by molar-refractivity contribution is 0.0180. The van der Waals surface area contributed by atoms with Gasteiger partial charge in [0.05, 0.1) is 12.6 Å². The van der Waals surface area contributed by atoms with Crippen LogP contribution in [0, 0.1) is 5.92 Å². The maximum Gasteiger partial charge on any atom is 0.410 e. The van der Waals surface area contributed by atoms with Gasteiger partial charge in [-0.25, -0.2) is 4.79 Å². The number of carbonyl (C=O) groups is 2. The van der Waals surface area contributed by atoms with Crippen molar-refractivity contribution < 1.29 is 19.4 Å². The minimum absolute atomic E-state index is 0.0295. The van der Waals surface area contributed by atoms with E-state index in [1.807, 2.05) is 42.7 Å². The molecule has 1 aromatic rings. The van der Waals surface area contributed by atoms with Crippen molar-refractivity contribution in [3.05, 3.63) is 35.4 Å². The Bertz CT molecular complexity index is 748. The quantitative estimate of drug-likeness (QED) is 0.622. The van der Waals surface area contributed by atoms with Crippen LogP contribution >= 0.6 is 0 Å². The Balaban J connectivity index is 1.34. The molecule has 2 heterocycles. The fraction of sp³-hybridized carbons (Fsp3) is 0.692. The number of ether oxygens (including phenoxy) is 1. The van der Waals surface area contributed by atoms with Crippen molar-refractivity contribution in [1.29, 1.82) is 0 Å². The summed E-state index contributed by atoms with van der Waals surface area (Å²) in [5, 5.41) is 9.45. The summed E-state index contributed by atoms with van der Waals surface area (Å²) in [6.45, 7) is 8.09. The predicted octanol–water partition coefficient (Wildman–Crippen LogP) is 4.64. The van der Waals surface area contributed by atoms with E-state index in [9.17, 15) is 14.7 Å².